The smallest absolute Gasteiger partial charge is 0.235 e. The van der Waals surface area contributed by atoms with Gasteiger partial charge in [-0.3, -0.25) is 4.79 Å². The van der Waals surface area contributed by atoms with Crippen LogP contribution in [0.15, 0.2) is 35.8 Å². The topological polar surface area (TPSA) is 84.5 Å². The molecule has 0 aromatic carbocycles. The molecule has 0 spiro atoms. The number of aryl methyl sites for hydroxylation is 1. The van der Waals surface area contributed by atoms with Gasteiger partial charge in [0.15, 0.2) is 18.9 Å². The van der Waals surface area contributed by atoms with Crippen LogP contribution in [0.1, 0.15) is 19.4 Å². The molecule has 3 heterocycles. The number of fused-ring (bicyclic) bond motifs is 1. The van der Waals surface area contributed by atoms with E-state index in [0.717, 1.165) is 5.56 Å². The molecule has 0 saturated carbocycles. The summed E-state index contributed by atoms with van der Waals surface area (Å²) in [5, 5.41) is 21.4. The fourth-order valence-electron chi connectivity index (χ4n) is 3.79. The average Bonchev–Trinajstić information content (AvgIpc) is 2.69. The van der Waals surface area contributed by atoms with Gasteiger partial charge in [0.2, 0.25) is 5.91 Å². The van der Waals surface area contributed by atoms with E-state index in [1.54, 1.807) is 6.92 Å². The lowest BCUT2D eigenvalue weighted by Gasteiger charge is -2.47. The van der Waals surface area contributed by atoms with Gasteiger partial charge in [0.25, 0.3) is 0 Å². The molecule has 2 aliphatic heterocycles. The quantitative estimate of drug-likeness (QED) is 0.579. The lowest BCUT2D eigenvalue weighted by molar-refractivity contribution is -0.689. The largest absolute Gasteiger partial charge is 0.543 e. The summed E-state index contributed by atoms with van der Waals surface area (Å²) in [7, 11) is 0. The first-order valence-electron chi connectivity index (χ1n) is 7.74. The van der Waals surface area contributed by atoms with Gasteiger partial charge in [0, 0.05) is 23.1 Å². The maximum absolute atomic E-state index is 12.2. The molecule has 0 radical (unpaired) electrons. The van der Waals surface area contributed by atoms with Crippen molar-refractivity contribution in [3.8, 4) is 0 Å². The number of aromatic nitrogens is 1. The number of carboxylic acid groups (broad SMARTS) is 1. The van der Waals surface area contributed by atoms with Gasteiger partial charge in [-0.05, 0) is 19.9 Å². The number of β-lactam (4-membered cyclic amide) rings is 1. The molecule has 6 heteroatoms. The molecule has 1 fully saturated rings. The van der Waals surface area contributed by atoms with Crippen molar-refractivity contribution >= 4 is 11.9 Å². The third-order valence-electron chi connectivity index (χ3n) is 4.87. The highest BCUT2D eigenvalue weighted by Gasteiger charge is 2.58. The minimum Gasteiger partial charge on any atom is -0.543 e. The monoisotopic (exact) mass is 316 g/mol. The van der Waals surface area contributed by atoms with E-state index in [9.17, 15) is 19.8 Å². The molecule has 1 amide bonds. The predicted octanol–water partition coefficient (Wildman–Crippen LogP) is -0.856. The van der Waals surface area contributed by atoms with Crippen LogP contribution in [0.5, 0.6) is 0 Å². The molecule has 0 unspecified atom stereocenters. The van der Waals surface area contributed by atoms with E-state index in [-0.39, 0.29) is 23.6 Å². The molecule has 1 aromatic heterocycles. The van der Waals surface area contributed by atoms with E-state index in [4.69, 9.17) is 0 Å². The predicted molar refractivity (Wildman–Crippen MR) is 78.4 cm³/mol. The Morgan fingerprint density at radius 1 is 1.52 bits per heavy atom. The Bertz CT molecular complexity index is 710. The zero-order valence-corrected chi connectivity index (χ0v) is 13.4. The second-order valence-corrected chi connectivity index (χ2v) is 6.47. The molecule has 1 N–H and O–H groups in total. The maximum atomic E-state index is 12.2. The molecule has 3 rings (SSSR count). The van der Waals surface area contributed by atoms with Crippen LogP contribution < -0.4 is 9.67 Å². The highest BCUT2D eigenvalue weighted by Crippen LogP contribution is 2.46. The van der Waals surface area contributed by atoms with Crippen LogP contribution >= 0.6 is 0 Å². The lowest BCUT2D eigenvalue weighted by Crippen LogP contribution is -2.64. The van der Waals surface area contributed by atoms with Crippen LogP contribution in [0.25, 0.3) is 0 Å². The molecule has 4 atom stereocenters. The van der Waals surface area contributed by atoms with Gasteiger partial charge >= 0.3 is 0 Å². The number of amides is 1. The third kappa shape index (κ3) is 2.34. The van der Waals surface area contributed by atoms with Crippen molar-refractivity contribution in [2.45, 2.75) is 39.5 Å². The second kappa shape index (κ2) is 5.45. The van der Waals surface area contributed by atoms with E-state index >= 15 is 0 Å². The van der Waals surface area contributed by atoms with Crippen LogP contribution in [0.3, 0.4) is 0 Å². The summed E-state index contributed by atoms with van der Waals surface area (Å²) in [6.07, 6.45) is 3.00. The Kier molecular flexibility index (Phi) is 3.72. The first-order valence-corrected chi connectivity index (χ1v) is 7.74. The summed E-state index contributed by atoms with van der Waals surface area (Å²) in [6, 6.07) is 3.56. The average molecular weight is 316 g/mol. The molecule has 122 valence electrons. The number of hydrogen-bond donors (Lipinski definition) is 1. The number of aliphatic hydroxyl groups excluding tert-OH is 1. The fourth-order valence-corrected chi connectivity index (χ4v) is 3.79. The summed E-state index contributed by atoms with van der Waals surface area (Å²) in [6.45, 7) is 5.82. The van der Waals surface area contributed by atoms with E-state index in [1.165, 1.54) is 4.90 Å². The van der Waals surface area contributed by atoms with Gasteiger partial charge in [0.1, 0.15) is 0 Å². The van der Waals surface area contributed by atoms with Crippen LogP contribution in [0.2, 0.25) is 0 Å². The van der Waals surface area contributed by atoms with Crippen LogP contribution in [-0.4, -0.2) is 34.0 Å². The molecule has 2 aliphatic rings. The van der Waals surface area contributed by atoms with Crippen molar-refractivity contribution in [3.63, 3.8) is 0 Å². The zero-order valence-electron chi connectivity index (χ0n) is 13.4. The van der Waals surface area contributed by atoms with Crippen molar-refractivity contribution < 1.29 is 24.4 Å². The van der Waals surface area contributed by atoms with Crippen molar-refractivity contribution in [2.24, 2.45) is 11.8 Å². The van der Waals surface area contributed by atoms with Crippen molar-refractivity contribution in [1.29, 1.82) is 0 Å². The fraction of sp³-hybridized carbons (Fsp3) is 0.471. The second-order valence-electron chi connectivity index (χ2n) is 6.47. The summed E-state index contributed by atoms with van der Waals surface area (Å²) < 4.78 is 1.90. The normalized spacial score (nSPS) is 27.7. The van der Waals surface area contributed by atoms with Crippen LogP contribution in [0, 0.1) is 18.8 Å². The van der Waals surface area contributed by atoms with Gasteiger partial charge in [-0.25, -0.2) is 4.57 Å². The van der Waals surface area contributed by atoms with E-state index in [2.05, 4.69) is 0 Å². The number of aliphatic hydroxyl groups is 1. The number of hydrogen-bond acceptors (Lipinski definition) is 4. The first kappa shape index (κ1) is 15.7. The van der Waals surface area contributed by atoms with Crippen LogP contribution in [-0.2, 0) is 16.1 Å². The summed E-state index contributed by atoms with van der Waals surface area (Å²) in [4.78, 5) is 25.1. The first-order chi connectivity index (χ1) is 10.8. The van der Waals surface area contributed by atoms with E-state index in [0.29, 0.717) is 12.1 Å². The molecule has 1 saturated heterocycles. The molecule has 6 nitrogen and oxygen atoms in total. The Morgan fingerprint density at radius 2 is 2.22 bits per heavy atom. The summed E-state index contributed by atoms with van der Waals surface area (Å²) >= 11 is 0. The molecule has 0 bridgehead atoms. The van der Waals surface area contributed by atoms with Gasteiger partial charge in [-0.1, -0.05) is 6.92 Å². The molecule has 0 aliphatic carbocycles. The Labute approximate surface area is 134 Å². The SMILES string of the molecule is Cc1ccc[n+](CC2=C(C(=O)[O-])N3C(=O)[C@H]([C@@H](C)O)[C@H]3[C@H]2C)c1. The van der Waals surface area contributed by atoms with Crippen molar-refractivity contribution in [1.82, 2.24) is 4.90 Å². The third-order valence-corrected chi connectivity index (χ3v) is 4.87. The highest BCUT2D eigenvalue weighted by molar-refractivity contribution is 5.99. The van der Waals surface area contributed by atoms with Gasteiger partial charge in [0.05, 0.1) is 29.7 Å². The molecule has 1 aromatic rings. The Hall–Kier alpha value is -2.21. The number of carbonyl (C=O) groups is 2. The zero-order chi connectivity index (χ0) is 16.9. The number of nitrogens with zero attached hydrogens (tertiary/aromatic N) is 2. The highest BCUT2D eigenvalue weighted by atomic mass is 16.4. The van der Waals surface area contributed by atoms with Crippen molar-refractivity contribution in [3.05, 3.63) is 41.4 Å². The van der Waals surface area contributed by atoms with E-state index in [1.807, 2.05) is 42.9 Å². The number of rotatable bonds is 4. The number of aliphatic carboxylic acids is 1. The minimum absolute atomic E-state index is 0.0293. The van der Waals surface area contributed by atoms with E-state index < -0.39 is 18.0 Å². The van der Waals surface area contributed by atoms with Gasteiger partial charge in [-0.2, -0.15) is 0 Å². The number of carbonyl (C=O) groups excluding carboxylic acids is 2. The Balaban J connectivity index is 1.98. The number of carboxylic acids is 1. The lowest BCUT2D eigenvalue weighted by atomic mass is 9.78. The van der Waals surface area contributed by atoms with Crippen LogP contribution in [0.4, 0.5) is 0 Å². The van der Waals surface area contributed by atoms with Gasteiger partial charge < -0.3 is 19.9 Å². The standard InChI is InChI=1S/C17H20N2O4/c1-9-5-4-6-18(7-9)8-12-10(2)14-13(11(3)20)16(21)19(14)15(12)17(22)23/h4-7,10-11,13-14,20H,8H2,1-3H3/t10-,11+,13+,14+/m0/s1. The molecular formula is C17H20N2O4. The number of pyridine rings is 1. The summed E-state index contributed by atoms with van der Waals surface area (Å²) in [5.41, 5.74) is 1.70. The van der Waals surface area contributed by atoms with Crippen molar-refractivity contribution in [2.75, 3.05) is 0 Å². The molecular weight excluding hydrogens is 296 g/mol. The minimum atomic E-state index is -1.33. The maximum Gasteiger partial charge on any atom is 0.235 e. The summed E-state index contributed by atoms with van der Waals surface area (Å²) in [5.74, 6) is -2.34. The van der Waals surface area contributed by atoms with Gasteiger partial charge in [-0.15, -0.1) is 0 Å². The Morgan fingerprint density at radius 3 is 2.78 bits per heavy atom. The molecule has 23 heavy (non-hydrogen) atoms.